The van der Waals surface area contributed by atoms with Crippen LogP contribution in [-0.4, -0.2) is 0 Å². The molecule has 0 N–H and O–H groups in total. The molecule has 0 amide bonds. The molecule has 0 bridgehead atoms. The molecule has 0 saturated carbocycles. The maximum absolute atomic E-state index is 2.33. The molecule has 12 heavy (non-hydrogen) atoms. The Hall–Kier alpha value is -0.780. The van der Waals surface area contributed by atoms with Crippen molar-refractivity contribution in [1.82, 2.24) is 0 Å². The van der Waals surface area contributed by atoms with Crippen molar-refractivity contribution in [3.8, 4) is 0 Å². The zero-order valence-corrected chi connectivity index (χ0v) is 7.01. The van der Waals surface area contributed by atoms with E-state index in [-0.39, 0.29) is 7.43 Å². The molecule has 0 aromatic heterocycles. The standard InChI is InChI=1S/C11H14.CH4/c1-9-5-4-7-10-6-2-3-8-11(9)10;/h2-3,6,8-9H,4-5,7H2,1H3;1H4/t9-;/m0./s1. The van der Waals surface area contributed by atoms with E-state index in [4.69, 9.17) is 0 Å². The molecule has 66 valence electrons. The third kappa shape index (κ3) is 1.52. The van der Waals surface area contributed by atoms with Crippen LogP contribution in [-0.2, 0) is 6.42 Å². The lowest BCUT2D eigenvalue weighted by Gasteiger charge is -2.21. The number of rotatable bonds is 0. The Balaban J connectivity index is 0.000000720. The molecule has 0 spiro atoms. The highest BCUT2D eigenvalue weighted by molar-refractivity contribution is 5.31. The van der Waals surface area contributed by atoms with Crippen LogP contribution in [0.4, 0.5) is 0 Å². The van der Waals surface area contributed by atoms with Gasteiger partial charge in [-0.3, -0.25) is 0 Å². The minimum absolute atomic E-state index is 0. The lowest BCUT2D eigenvalue weighted by Crippen LogP contribution is -2.05. The first-order valence-corrected chi connectivity index (χ1v) is 4.46. The van der Waals surface area contributed by atoms with Crippen LogP contribution in [0.2, 0.25) is 0 Å². The predicted octanol–water partition coefficient (Wildman–Crippen LogP) is 3.76. The third-order valence-electron chi connectivity index (χ3n) is 2.67. The van der Waals surface area contributed by atoms with Crippen LogP contribution in [0.25, 0.3) is 0 Å². The van der Waals surface area contributed by atoms with Gasteiger partial charge in [0.1, 0.15) is 0 Å². The highest BCUT2D eigenvalue weighted by Crippen LogP contribution is 2.30. The number of fused-ring (bicyclic) bond motifs is 1. The fourth-order valence-electron chi connectivity index (χ4n) is 2.00. The van der Waals surface area contributed by atoms with Gasteiger partial charge in [-0.05, 0) is 36.3 Å². The molecular formula is C12H18. The van der Waals surface area contributed by atoms with Crippen LogP contribution in [0.15, 0.2) is 24.3 Å². The molecule has 0 unspecified atom stereocenters. The molecule has 1 aliphatic rings. The van der Waals surface area contributed by atoms with Crippen molar-refractivity contribution < 1.29 is 0 Å². The fourth-order valence-corrected chi connectivity index (χ4v) is 2.00. The van der Waals surface area contributed by atoms with E-state index < -0.39 is 0 Å². The monoisotopic (exact) mass is 162 g/mol. The first kappa shape index (κ1) is 9.31. The molecule has 0 aliphatic heterocycles. The summed E-state index contributed by atoms with van der Waals surface area (Å²) in [5, 5.41) is 0. The van der Waals surface area contributed by atoms with Gasteiger partial charge in [-0.25, -0.2) is 0 Å². The third-order valence-corrected chi connectivity index (χ3v) is 2.67. The predicted molar refractivity (Wildman–Crippen MR) is 54.5 cm³/mol. The second-order valence-corrected chi connectivity index (χ2v) is 3.49. The van der Waals surface area contributed by atoms with Crippen LogP contribution >= 0.6 is 0 Å². The van der Waals surface area contributed by atoms with E-state index in [9.17, 15) is 0 Å². The Morgan fingerprint density at radius 1 is 1.25 bits per heavy atom. The minimum Gasteiger partial charge on any atom is -0.0776 e. The Labute approximate surface area is 75.6 Å². The van der Waals surface area contributed by atoms with E-state index in [0.717, 1.165) is 5.92 Å². The second kappa shape index (κ2) is 3.75. The normalized spacial score (nSPS) is 20.9. The summed E-state index contributed by atoms with van der Waals surface area (Å²) in [5.41, 5.74) is 3.16. The lowest BCUT2D eigenvalue weighted by molar-refractivity contribution is 0.590. The zero-order chi connectivity index (χ0) is 7.68. The molecule has 0 saturated heterocycles. The zero-order valence-electron chi connectivity index (χ0n) is 7.01. The second-order valence-electron chi connectivity index (χ2n) is 3.49. The Morgan fingerprint density at radius 3 is 2.75 bits per heavy atom. The van der Waals surface area contributed by atoms with Gasteiger partial charge < -0.3 is 0 Å². The molecular weight excluding hydrogens is 144 g/mol. The summed E-state index contributed by atoms with van der Waals surface area (Å²) in [6.45, 7) is 2.33. The van der Waals surface area contributed by atoms with Crippen molar-refractivity contribution in [1.29, 1.82) is 0 Å². The number of hydrogen-bond acceptors (Lipinski definition) is 0. The van der Waals surface area contributed by atoms with Crippen LogP contribution < -0.4 is 0 Å². The van der Waals surface area contributed by atoms with E-state index in [1.54, 1.807) is 11.1 Å². The fraction of sp³-hybridized carbons (Fsp3) is 0.500. The van der Waals surface area contributed by atoms with E-state index in [0.29, 0.717) is 0 Å². The first-order chi connectivity index (χ1) is 5.38. The summed E-state index contributed by atoms with van der Waals surface area (Å²) in [5.74, 6) is 0.792. The molecule has 0 heterocycles. The highest BCUT2D eigenvalue weighted by Gasteiger charge is 2.14. The molecule has 1 aromatic rings. The van der Waals surface area contributed by atoms with Gasteiger partial charge >= 0.3 is 0 Å². The quantitative estimate of drug-likeness (QED) is 0.545. The molecule has 2 rings (SSSR count). The smallest absolute Gasteiger partial charge is 0.0188 e. The van der Waals surface area contributed by atoms with Crippen LogP contribution in [0, 0.1) is 0 Å². The maximum Gasteiger partial charge on any atom is -0.0188 e. The summed E-state index contributed by atoms with van der Waals surface area (Å²) in [7, 11) is 0. The summed E-state index contributed by atoms with van der Waals surface area (Å²) in [6.07, 6.45) is 4.04. The van der Waals surface area contributed by atoms with Crippen molar-refractivity contribution in [3.63, 3.8) is 0 Å². The highest BCUT2D eigenvalue weighted by atomic mass is 14.2. The van der Waals surface area contributed by atoms with Gasteiger partial charge in [0.25, 0.3) is 0 Å². The van der Waals surface area contributed by atoms with Crippen LogP contribution in [0.5, 0.6) is 0 Å². The SMILES string of the molecule is C.C[C@H]1CCCc2ccccc21. The Kier molecular flexibility index (Phi) is 2.91. The Morgan fingerprint density at radius 2 is 2.00 bits per heavy atom. The summed E-state index contributed by atoms with van der Waals surface area (Å²) in [4.78, 5) is 0. The van der Waals surface area contributed by atoms with Gasteiger partial charge in [0.15, 0.2) is 0 Å². The minimum atomic E-state index is 0. The van der Waals surface area contributed by atoms with Crippen molar-refractivity contribution in [3.05, 3.63) is 35.4 Å². The summed E-state index contributed by atoms with van der Waals surface area (Å²) >= 11 is 0. The molecule has 1 aromatic carbocycles. The Bertz CT molecular complexity index is 250. The van der Waals surface area contributed by atoms with E-state index in [2.05, 4.69) is 31.2 Å². The molecule has 1 aliphatic carbocycles. The molecule has 0 nitrogen and oxygen atoms in total. The lowest BCUT2D eigenvalue weighted by atomic mass is 9.84. The number of aryl methyl sites for hydroxylation is 1. The molecule has 0 heteroatoms. The molecule has 1 atom stereocenters. The number of benzene rings is 1. The van der Waals surface area contributed by atoms with Crippen molar-refractivity contribution in [2.75, 3.05) is 0 Å². The van der Waals surface area contributed by atoms with Gasteiger partial charge in [-0.15, -0.1) is 0 Å². The summed E-state index contributed by atoms with van der Waals surface area (Å²) < 4.78 is 0. The van der Waals surface area contributed by atoms with Crippen LogP contribution in [0.1, 0.15) is 44.2 Å². The van der Waals surface area contributed by atoms with Gasteiger partial charge in [0.2, 0.25) is 0 Å². The largest absolute Gasteiger partial charge is 0.0776 e. The van der Waals surface area contributed by atoms with Crippen molar-refractivity contribution in [2.45, 2.75) is 39.5 Å². The molecule has 0 fully saturated rings. The van der Waals surface area contributed by atoms with Crippen LogP contribution in [0.3, 0.4) is 0 Å². The number of hydrogen-bond donors (Lipinski definition) is 0. The van der Waals surface area contributed by atoms with Gasteiger partial charge in [0.05, 0.1) is 0 Å². The summed E-state index contributed by atoms with van der Waals surface area (Å²) in [6, 6.07) is 8.85. The topological polar surface area (TPSA) is 0 Å². The van der Waals surface area contributed by atoms with Crippen molar-refractivity contribution >= 4 is 0 Å². The van der Waals surface area contributed by atoms with Gasteiger partial charge in [0, 0.05) is 0 Å². The van der Waals surface area contributed by atoms with E-state index in [1.807, 2.05) is 0 Å². The first-order valence-electron chi connectivity index (χ1n) is 4.46. The maximum atomic E-state index is 2.33. The van der Waals surface area contributed by atoms with E-state index in [1.165, 1.54) is 19.3 Å². The van der Waals surface area contributed by atoms with Gasteiger partial charge in [-0.1, -0.05) is 38.6 Å². The van der Waals surface area contributed by atoms with Crippen molar-refractivity contribution in [2.24, 2.45) is 0 Å². The van der Waals surface area contributed by atoms with E-state index >= 15 is 0 Å². The van der Waals surface area contributed by atoms with Gasteiger partial charge in [-0.2, -0.15) is 0 Å². The molecule has 0 radical (unpaired) electrons. The average molecular weight is 162 g/mol. The average Bonchev–Trinajstić information content (AvgIpc) is 2.06.